The molecule has 2 aromatic rings. The van der Waals surface area contributed by atoms with Crippen LogP contribution >= 0.6 is 0 Å². The number of benzene rings is 2. The van der Waals surface area contributed by atoms with Gasteiger partial charge in [0.05, 0.1) is 0 Å². The highest BCUT2D eigenvalue weighted by Crippen LogP contribution is 2.77. The molecule has 23 heavy (non-hydrogen) atoms. The molecule has 112 valence electrons. The lowest BCUT2D eigenvalue weighted by Crippen LogP contribution is -2.58. The number of azo groups is 1. The molecule has 7 rings (SSSR count). The van der Waals surface area contributed by atoms with Crippen LogP contribution in [0.2, 0.25) is 0 Å². The molecule has 0 radical (unpaired) electrons. The molecule has 0 aromatic heterocycles. The van der Waals surface area contributed by atoms with Crippen molar-refractivity contribution in [3.63, 3.8) is 0 Å². The van der Waals surface area contributed by atoms with Crippen LogP contribution in [0.25, 0.3) is 0 Å². The largest absolute Gasteiger partial charge is 0.181 e. The monoisotopic (exact) mass is 298 g/mol. The third-order valence-electron chi connectivity index (χ3n) is 6.70. The van der Waals surface area contributed by atoms with Crippen molar-refractivity contribution < 1.29 is 0 Å². The van der Waals surface area contributed by atoms with Gasteiger partial charge in [0.25, 0.3) is 0 Å². The van der Waals surface area contributed by atoms with Gasteiger partial charge in [-0.15, -0.1) is 0 Å². The number of hydrogen-bond donors (Lipinski definition) is 0. The molecular weight excluding hydrogens is 280 g/mol. The van der Waals surface area contributed by atoms with Crippen LogP contribution in [0.3, 0.4) is 0 Å². The third-order valence-corrected chi connectivity index (χ3v) is 6.70. The quantitative estimate of drug-likeness (QED) is 0.718. The van der Waals surface area contributed by atoms with E-state index in [2.05, 4.69) is 72.8 Å². The first-order valence-corrected chi connectivity index (χ1v) is 8.61. The smallest absolute Gasteiger partial charge is 0.116 e. The first-order valence-electron chi connectivity index (χ1n) is 8.61. The predicted octanol–water partition coefficient (Wildman–Crippen LogP) is 4.70. The van der Waals surface area contributed by atoms with Gasteiger partial charge in [0.1, 0.15) is 11.1 Å². The Morgan fingerprint density at radius 2 is 1.09 bits per heavy atom. The molecule has 6 atom stereocenters. The van der Waals surface area contributed by atoms with Crippen LogP contribution < -0.4 is 0 Å². The second kappa shape index (κ2) is 3.81. The van der Waals surface area contributed by atoms with E-state index in [1.807, 2.05) is 0 Å². The van der Waals surface area contributed by atoms with Crippen molar-refractivity contribution in [3.8, 4) is 0 Å². The molecule has 2 saturated carbocycles. The molecule has 2 nitrogen and oxygen atoms in total. The minimum Gasteiger partial charge on any atom is -0.181 e. The second-order valence-electron chi connectivity index (χ2n) is 7.47. The van der Waals surface area contributed by atoms with Crippen LogP contribution in [-0.4, -0.2) is 0 Å². The second-order valence-corrected chi connectivity index (χ2v) is 7.47. The van der Waals surface area contributed by atoms with Crippen LogP contribution in [0.4, 0.5) is 0 Å². The maximum Gasteiger partial charge on any atom is 0.116 e. The van der Waals surface area contributed by atoms with Crippen LogP contribution in [0, 0.1) is 23.7 Å². The van der Waals surface area contributed by atoms with Crippen molar-refractivity contribution in [1.82, 2.24) is 0 Å². The van der Waals surface area contributed by atoms with Crippen LogP contribution in [0.1, 0.15) is 17.5 Å². The van der Waals surface area contributed by atoms with Crippen molar-refractivity contribution in [2.24, 2.45) is 33.9 Å². The Morgan fingerprint density at radius 1 is 0.652 bits per heavy atom. The van der Waals surface area contributed by atoms with Crippen LogP contribution in [0.5, 0.6) is 0 Å². The van der Waals surface area contributed by atoms with Gasteiger partial charge in [-0.2, -0.15) is 10.2 Å². The minimum atomic E-state index is -0.0954. The summed E-state index contributed by atoms with van der Waals surface area (Å²) in [5.74, 6) is 2.31. The summed E-state index contributed by atoms with van der Waals surface area (Å²) in [6.45, 7) is 0. The normalized spacial score (nSPS) is 44.3. The standard InChI is InChI=1S/C21H18N2/c1-3-7-14(8-4-1)20-16-11-12-17(16)21(23-22-20,19-13-18(19)20)15-9-5-2-6-10-15/h1-12,16-19H,13H2/t16-,17-,18-,19+,20+,21+/m0/s1. The molecule has 0 spiro atoms. The van der Waals surface area contributed by atoms with Gasteiger partial charge in [-0.05, 0) is 29.4 Å². The Labute approximate surface area is 136 Å². The molecule has 5 aliphatic rings. The van der Waals surface area contributed by atoms with Gasteiger partial charge in [-0.3, -0.25) is 0 Å². The van der Waals surface area contributed by atoms with E-state index in [9.17, 15) is 0 Å². The number of nitrogens with zero attached hydrogens (tertiary/aromatic N) is 2. The Kier molecular flexibility index (Phi) is 2.03. The average Bonchev–Trinajstić information content (AvgIpc) is 3.39. The van der Waals surface area contributed by atoms with Gasteiger partial charge in [0, 0.05) is 11.8 Å². The molecule has 3 aliphatic carbocycles. The maximum absolute atomic E-state index is 5.03. The molecule has 2 aliphatic heterocycles. The summed E-state index contributed by atoms with van der Waals surface area (Å²) in [5, 5.41) is 10.1. The summed E-state index contributed by atoms with van der Waals surface area (Å²) < 4.78 is 0. The SMILES string of the molecule is C1=C[C@H]2[C@H]1[C@@]1(c3ccccc3)N=N[C@@]2(c2ccccc2)[C@@H]2C[C@@H]21. The van der Waals surface area contributed by atoms with Gasteiger partial charge in [0.2, 0.25) is 0 Å². The van der Waals surface area contributed by atoms with Crippen LogP contribution in [0.15, 0.2) is 83.0 Å². The zero-order valence-corrected chi connectivity index (χ0v) is 12.8. The predicted molar refractivity (Wildman–Crippen MR) is 88.8 cm³/mol. The van der Waals surface area contributed by atoms with E-state index in [1.54, 1.807) is 0 Å². The summed E-state index contributed by atoms with van der Waals surface area (Å²) in [6.07, 6.45) is 6.04. The molecule has 2 heterocycles. The van der Waals surface area contributed by atoms with Crippen molar-refractivity contribution in [2.75, 3.05) is 0 Å². The summed E-state index contributed by atoms with van der Waals surface area (Å²) in [5.41, 5.74) is 2.53. The Bertz CT molecular complexity index is 771. The minimum absolute atomic E-state index is 0.0954. The first-order chi connectivity index (χ1) is 11.4. The van der Waals surface area contributed by atoms with E-state index in [0.717, 1.165) is 0 Å². The molecule has 0 amide bonds. The van der Waals surface area contributed by atoms with E-state index in [1.165, 1.54) is 17.5 Å². The van der Waals surface area contributed by atoms with Crippen molar-refractivity contribution in [3.05, 3.63) is 83.9 Å². The summed E-state index contributed by atoms with van der Waals surface area (Å²) in [7, 11) is 0. The Hall–Kier alpha value is -2.22. The topological polar surface area (TPSA) is 24.7 Å². The summed E-state index contributed by atoms with van der Waals surface area (Å²) >= 11 is 0. The molecule has 2 bridgehead atoms. The van der Waals surface area contributed by atoms with E-state index in [0.29, 0.717) is 23.7 Å². The number of rotatable bonds is 2. The summed E-state index contributed by atoms with van der Waals surface area (Å²) in [6, 6.07) is 21.7. The van der Waals surface area contributed by atoms with E-state index in [4.69, 9.17) is 10.2 Å². The summed E-state index contributed by atoms with van der Waals surface area (Å²) in [4.78, 5) is 0. The molecule has 2 fully saturated rings. The van der Waals surface area contributed by atoms with E-state index < -0.39 is 0 Å². The Morgan fingerprint density at radius 3 is 1.48 bits per heavy atom. The fourth-order valence-electron chi connectivity index (χ4n) is 5.62. The molecule has 2 heteroatoms. The van der Waals surface area contributed by atoms with Gasteiger partial charge >= 0.3 is 0 Å². The van der Waals surface area contributed by atoms with Crippen molar-refractivity contribution >= 4 is 0 Å². The first kappa shape index (κ1) is 12.2. The third kappa shape index (κ3) is 1.21. The number of hydrogen-bond acceptors (Lipinski definition) is 2. The fraction of sp³-hybridized carbons (Fsp3) is 0.333. The molecule has 0 unspecified atom stereocenters. The highest BCUT2D eigenvalue weighted by molar-refractivity contribution is 5.47. The lowest BCUT2D eigenvalue weighted by Gasteiger charge is -2.58. The molecule has 0 N–H and O–H groups in total. The van der Waals surface area contributed by atoms with Crippen LogP contribution in [-0.2, 0) is 11.1 Å². The zero-order valence-electron chi connectivity index (χ0n) is 12.8. The van der Waals surface area contributed by atoms with E-state index >= 15 is 0 Å². The van der Waals surface area contributed by atoms with Gasteiger partial charge in [-0.25, -0.2) is 0 Å². The average molecular weight is 298 g/mol. The molecule has 0 saturated heterocycles. The van der Waals surface area contributed by atoms with Crippen molar-refractivity contribution in [2.45, 2.75) is 17.5 Å². The fourth-order valence-corrected chi connectivity index (χ4v) is 5.62. The Balaban J connectivity index is 1.60. The zero-order chi connectivity index (χ0) is 15.1. The highest BCUT2D eigenvalue weighted by atomic mass is 15.3. The lowest BCUT2D eigenvalue weighted by atomic mass is 9.51. The van der Waals surface area contributed by atoms with E-state index in [-0.39, 0.29) is 11.1 Å². The highest BCUT2D eigenvalue weighted by Gasteiger charge is 2.77. The molecule has 2 aromatic carbocycles. The van der Waals surface area contributed by atoms with Crippen molar-refractivity contribution in [1.29, 1.82) is 0 Å². The maximum atomic E-state index is 5.03. The molecular formula is C21H18N2. The lowest BCUT2D eigenvalue weighted by molar-refractivity contribution is 0.0165. The van der Waals surface area contributed by atoms with Gasteiger partial charge in [-0.1, -0.05) is 72.8 Å². The van der Waals surface area contributed by atoms with Gasteiger partial charge in [0.15, 0.2) is 0 Å². The van der Waals surface area contributed by atoms with Gasteiger partial charge < -0.3 is 0 Å².